The van der Waals surface area contributed by atoms with E-state index in [2.05, 4.69) is 10.3 Å². The molecule has 0 atom stereocenters. The maximum absolute atomic E-state index is 6.25. The number of benzene rings is 2. The monoisotopic (exact) mass is 517 g/mol. The Kier molecular flexibility index (Phi) is 8.50. The molecule has 3 N–H and O–H groups in total. The minimum Gasteiger partial charge on any atom is -0.491 e. The fraction of sp³-hybridized carbons (Fsp3) is 0.350. The number of rotatable bonds is 6. The molecule has 2 aromatic rings. The zero-order valence-corrected chi connectivity index (χ0v) is 19.0. The molecule has 6 nitrogen and oxygen atoms in total. The highest BCUT2D eigenvalue weighted by molar-refractivity contribution is 14.0. The lowest BCUT2D eigenvalue weighted by Crippen LogP contribution is -2.23. The maximum Gasteiger partial charge on any atom is 0.193 e. The number of halogens is 2. The van der Waals surface area contributed by atoms with E-state index in [-0.39, 0.29) is 30.1 Å². The standard InChI is InChI=1S/C20H24ClN3O3.HI/c1-13(2)27-16-5-3-15(4-6-16)24-20(22)23-8-7-14-11-17(21)19-18(12-14)25-9-10-26-19;/h3-6,11-13H,7-10H2,1-2H3,(H3,22,23,24);1H. The average molecular weight is 518 g/mol. The van der Waals surface area contributed by atoms with Gasteiger partial charge in [-0.25, -0.2) is 0 Å². The number of hydrogen-bond acceptors (Lipinski definition) is 4. The summed E-state index contributed by atoms with van der Waals surface area (Å²) in [6.45, 7) is 5.56. The van der Waals surface area contributed by atoms with E-state index in [0.29, 0.717) is 48.7 Å². The molecule has 1 aliphatic heterocycles. The number of ether oxygens (including phenoxy) is 3. The second kappa shape index (κ2) is 10.6. The Labute approximate surface area is 187 Å². The molecule has 0 aliphatic carbocycles. The van der Waals surface area contributed by atoms with E-state index in [1.165, 1.54) is 0 Å². The summed E-state index contributed by atoms with van der Waals surface area (Å²) in [6, 6.07) is 11.4. The van der Waals surface area contributed by atoms with E-state index in [1.54, 1.807) is 0 Å². The molecule has 0 bridgehead atoms. The van der Waals surface area contributed by atoms with Crippen LogP contribution in [0.1, 0.15) is 19.4 Å². The van der Waals surface area contributed by atoms with Crippen molar-refractivity contribution in [1.82, 2.24) is 0 Å². The summed E-state index contributed by atoms with van der Waals surface area (Å²) >= 11 is 6.25. The van der Waals surface area contributed by atoms with Crippen LogP contribution in [0.5, 0.6) is 17.2 Å². The number of guanidine groups is 1. The number of nitrogens with one attached hydrogen (secondary N) is 1. The molecule has 0 unspecified atom stereocenters. The quantitative estimate of drug-likeness (QED) is 0.335. The largest absolute Gasteiger partial charge is 0.491 e. The van der Waals surface area contributed by atoms with Crippen LogP contribution in [0.15, 0.2) is 41.4 Å². The van der Waals surface area contributed by atoms with Crippen LogP contribution < -0.4 is 25.3 Å². The molecule has 3 rings (SSSR count). The first kappa shape index (κ1) is 22.4. The second-order valence-electron chi connectivity index (χ2n) is 6.43. The summed E-state index contributed by atoms with van der Waals surface area (Å²) in [5, 5.41) is 3.63. The Morgan fingerprint density at radius 2 is 1.93 bits per heavy atom. The molecule has 2 aromatic carbocycles. The van der Waals surface area contributed by atoms with Crippen LogP contribution in [0, 0.1) is 0 Å². The van der Waals surface area contributed by atoms with Crippen molar-refractivity contribution in [3.8, 4) is 17.2 Å². The van der Waals surface area contributed by atoms with Gasteiger partial charge in [0.05, 0.1) is 11.1 Å². The molecule has 28 heavy (non-hydrogen) atoms. The van der Waals surface area contributed by atoms with E-state index >= 15 is 0 Å². The second-order valence-corrected chi connectivity index (χ2v) is 6.84. The van der Waals surface area contributed by atoms with Gasteiger partial charge in [-0.1, -0.05) is 11.6 Å². The zero-order valence-electron chi connectivity index (χ0n) is 15.9. The molecule has 0 spiro atoms. The molecule has 1 aliphatic rings. The fourth-order valence-electron chi connectivity index (χ4n) is 2.69. The molecular weight excluding hydrogens is 493 g/mol. The van der Waals surface area contributed by atoms with E-state index in [4.69, 9.17) is 31.5 Å². The van der Waals surface area contributed by atoms with Crippen LogP contribution in [0.4, 0.5) is 5.69 Å². The summed E-state index contributed by atoms with van der Waals surface area (Å²) in [6.07, 6.45) is 0.837. The first-order valence-corrected chi connectivity index (χ1v) is 9.31. The van der Waals surface area contributed by atoms with Gasteiger partial charge in [0, 0.05) is 12.2 Å². The van der Waals surface area contributed by atoms with Crippen molar-refractivity contribution < 1.29 is 14.2 Å². The van der Waals surface area contributed by atoms with Crippen molar-refractivity contribution in [2.45, 2.75) is 26.4 Å². The summed E-state index contributed by atoms with van der Waals surface area (Å²) in [5.74, 6) is 2.47. The van der Waals surface area contributed by atoms with Gasteiger partial charge in [-0.15, -0.1) is 24.0 Å². The molecule has 0 saturated carbocycles. The number of hydrogen-bond donors (Lipinski definition) is 2. The van der Waals surface area contributed by atoms with Crippen LogP contribution in [0.25, 0.3) is 0 Å². The van der Waals surface area contributed by atoms with Gasteiger partial charge in [-0.2, -0.15) is 0 Å². The molecular formula is C20H25ClIN3O3. The fourth-order valence-corrected chi connectivity index (χ4v) is 2.98. The predicted molar refractivity (Wildman–Crippen MR) is 124 cm³/mol. The van der Waals surface area contributed by atoms with Crippen LogP contribution >= 0.6 is 35.6 Å². The van der Waals surface area contributed by atoms with Gasteiger partial charge >= 0.3 is 0 Å². The SMILES string of the molecule is CC(C)Oc1ccc(NC(N)=NCCc2cc(Cl)c3c(c2)OCCO3)cc1.I. The third-order valence-corrected chi connectivity index (χ3v) is 4.12. The molecule has 0 fully saturated rings. The molecule has 8 heteroatoms. The van der Waals surface area contributed by atoms with E-state index in [9.17, 15) is 0 Å². The van der Waals surface area contributed by atoms with Gasteiger partial charge in [-0.05, 0) is 62.2 Å². The first-order valence-electron chi connectivity index (χ1n) is 8.93. The Morgan fingerprint density at radius 1 is 1.21 bits per heavy atom. The van der Waals surface area contributed by atoms with Crippen molar-refractivity contribution >= 4 is 47.2 Å². The summed E-state index contributed by atoms with van der Waals surface area (Å²) in [5.41, 5.74) is 7.85. The third kappa shape index (κ3) is 6.34. The van der Waals surface area contributed by atoms with Crippen LogP contribution in [-0.2, 0) is 6.42 Å². The van der Waals surface area contributed by atoms with Crippen molar-refractivity contribution in [2.75, 3.05) is 25.1 Å². The molecule has 0 aromatic heterocycles. The minimum absolute atomic E-state index is 0. The molecule has 0 radical (unpaired) electrons. The Hall–Kier alpha value is -1.87. The third-order valence-electron chi connectivity index (χ3n) is 3.84. The summed E-state index contributed by atoms with van der Waals surface area (Å²) in [4.78, 5) is 4.36. The summed E-state index contributed by atoms with van der Waals surface area (Å²) in [7, 11) is 0. The maximum atomic E-state index is 6.25. The highest BCUT2D eigenvalue weighted by atomic mass is 127. The van der Waals surface area contributed by atoms with Gasteiger partial charge in [0.15, 0.2) is 17.5 Å². The van der Waals surface area contributed by atoms with Gasteiger partial charge < -0.3 is 25.3 Å². The predicted octanol–water partition coefficient (Wildman–Crippen LogP) is 4.49. The highest BCUT2D eigenvalue weighted by Crippen LogP contribution is 2.38. The van der Waals surface area contributed by atoms with Gasteiger partial charge in [-0.3, -0.25) is 4.99 Å². The molecule has 152 valence electrons. The van der Waals surface area contributed by atoms with Crippen molar-refractivity contribution in [3.63, 3.8) is 0 Å². The normalized spacial score (nSPS) is 13.1. The van der Waals surface area contributed by atoms with Crippen LogP contribution in [-0.4, -0.2) is 31.8 Å². The van der Waals surface area contributed by atoms with E-state index < -0.39 is 0 Å². The minimum atomic E-state index is 0. The number of fused-ring (bicyclic) bond motifs is 1. The Bertz CT molecular complexity index is 813. The first-order chi connectivity index (χ1) is 13.0. The topological polar surface area (TPSA) is 78.1 Å². The summed E-state index contributed by atoms with van der Waals surface area (Å²) < 4.78 is 16.7. The van der Waals surface area contributed by atoms with E-state index in [0.717, 1.165) is 17.0 Å². The average Bonchev–Trinajstić information content (AvgIpc) is 2.63. The number of anilines is 1. The van der Waals surface area contributed by atoms with Crippen molar-refractivity contribution in [3.05, 3.63) is 47.0 Å². The van der Waals surface area contributed by atoms with Gasteiger partial charge in [0.1, 0.15) is 19.0 Å². The van der Waals surface area contributed by atoms with Gasteiger partial charge in [0.25, 0.3) is 0 Å². The Morgan fingerprint density at radius 3 is 2.64 bits per heavy atom. The van der Waals surface area contributed by atoms with Gasteiger partial charge in [0.2, 0.25) is 0 Å². The smallest absolute Gasteiger partial charge is 0.193 e. The van der Waals surface area contributed by atoms with Crippen LogP contribution in [0.3, 0.4) is 0 Å². The lowest BCUT2D eigenvalue weighted by molar-refractivity contribution is 0.171. The Balaban J connectivity index is 0.00000280. The number of aliphatic imine (C=N–C) groups is 1. The van der Waals surface area contributed by atoms with Crippen LogP contribution in [0.2, 0.25) is 5.02 Å². The number of nitrogens with two attached hydrogens (primary N) is 1. The lowest BCUT2D eigenvalue weighted by Gasteiger charge is -2.20. The highest BCUT2D eigenvalue weighted by Gasteiger charge is 2.16. The number of nitrogens with zero attached hydrogens (tertiary/aromatic N) is 1. The zero-order chi connectivity index (χ0) is 19.2. The van der Waals surface area contributed by atoms with Crippen molar-refractivity contribution in [1.29, 1.82) is 0 Å². The molecule has 0 amide bonds. The molecule has 1 heterocycles. The molecule has 0 saturated heterocycles. The van der Waals surface area contributed by atoms with E-state index in [1.807, 2.05) is 50.2 Å². The lowest BCUT2D eigenvalue weighted by atomic mass is 10.1. The van der Waals surface area contributed by atoms with Crippen molar-refractivity contribution in [2.24, 2.45) is 10.7 Å².